The number of furan rings is 1. The lowest BCUT2D eigenvalue weighted by molar-refractivity contribution is 0.669. The highest BCUT2D eigenvalue weighted by molar-refractivity contribution is 6.07. The van der Waals surface area contributed by atoms with Gasteiger partial charge in [0, 0.05) is 27.5 Å². The minimum Gasteiger partial charge on any atom is -0.456 e. The standard InChI is InChI=1S/C45H29N3O/c1-4-14-30(15-5-1)33-25-27-41-40(28-33)37-26-24-34(29-42(37)49-41)43-46-44(38-22-12-10-20-35(38)31-16-6-2-7-17-31)48-45(47-43)39-23-13-11-21-36(39)32-18-8-3-9-19-32/h1-29H/i1D,4D,5D,14D,15D,24D,25D,26D,27D,28D,29D. The summed E-state index contributed by atoms with van der Waals surface area (Å²) in [4.78, 5) is 14.7. The number of fused-ring (bicyclic) bond motifs is 3. The second-order valence-electron chi connectivity index (χ2n) is 11.1. The van der Waals surface area contributed by atoms with Crippen LogP contribution in [0.1, 0.15) is 15.1 Å². The molecule has 230 valence electrons. The number of rotatable bonds is 6. The Morgan fingerprint density at radius 1 is 0.367 bits per heavy atom. The monoisotopic (exact) mass is 638 g/mol. The lowest BCUT2D eigenvalue weighted by atomic mass is 9.98. The molecule has 4 nitrogen and oxygen atoms in total. The first kappa shape index (κ1) is 19.2. The summed E-state index contributed by atoms with van der Waals surface area (Å²) in [6.07, 6.45) is 0. The van der Waals surface area contributed by atoms with E-state index in [0.717, 1.165) is 22.3 Å². The van der Waals surface area contributed by atoms with E-state index in [9.17, 15) is 5.48 Å². The van der Waals surface area contributed by atoms with Gasteiger partial charge in [0.1, 0.15) is 11.2 Å². The summed E-state index contributed by atoms with van der Waals surface area (Å²) in [5, 5.41) is -0.397. The number of hydrogen-bond acceptors (Lipinski definition) is 4. The number of hydrogen-bond donors (Lipinski definition) is 0. The van der Waals surface area contributed by atoms with Gasteiger partial charge in [-0.3, -0.25) is 0 Å². The van der Waals surface area contributed by atoms with Crippen LogP contribution in [0, 0.1) is 0 Å². The number of nitrogens with zero attached hydrogens (tertiary/aromatic N) is 3. The predicted molar refractivity (Wildman–Crippen MR) is 200 cm³/mol. The second kappa shape index (κ2) is 12.2. The van der Waals surface area contributed by atoms with E-state index in [1.165, 1.54) is 0 Å². The fourth-order valence-corrected chi connectivity index (χ4v) is 5.83. The fourth-order valence-electron chi connectivity index (χ4n) is 5.83. The first-order chi connectivity index (χ1) is 28.9. The van der Waals surface area contributed by atoms with Crippen LogP contribution in [0.4, 0.5) is 0 Å². The summed E-state index contributed by atoms with van der Waals surface area (Å²) in [6.45, 7) is 0. The zero-order chi connectivity index (χ0) is 42.1. The van der Waals surface area contributed by atoms with Crippen molar-refractivity contribution in [2.45, 2.75) is 0 Å². The van der Waals surface area contributed by atoms with Crippen molar-refractivity contribution in [3.8, 4) is 67.5 Å². The molecule has 0 bridgehead atoms. The maximum Gasteiger partial charge on any atom is 0.164 e. The predicted octanol–water partition coefficient (Wildman–Crippen LogP) is 11.8. The Hall–Kier alpha value is -6.65. The third-order valence-electron chi connectivity index (χ3n) is 8.12. The van der Waals surface area contributed by atoms with Crippen LogP contribution < -0.4 is 0 Å². The lowest BCUT2D eigenvalue weighted by Gasteiger charge is -2.14. The summed E-state index contributed by atoms with van der Waals surface area (Å²) in [6, 6.07) is 27.9. The van der Waals surface area contributed by atoms with Crippen LogP contribution in [0.5, 0.6) is 0 Å². The van der Waals surface area contributed by atoms with Crippen LogP contribution in [0.25, 0.3) is 89.5 Å². The molecule has 7 aromatic carbocycles. The molecule has 0 aliphatic rings. The van der Waals surface area contributed by atoms with E-state index >= 15 is 0 Å². The molecular weight excluding hydrogens is 599 g/mol. The van der Waals surface area contributed by atoms with Crippen molar-refractivity contribution < 1.29 is 19.5 Å². The van der Waals surface area contributed by atoms with E-state index in [4.69, 9.17) is 29.0 Å². The average Bonchev–Trinajstić information content (AvgIpc) is 3.70. The topological polar surface area (TPSA) is 51.8 Å². The van der Waals surface area contributed by atoms with Crippen LogP contribution in [0.2, 0.25) is 0 Å². The van der Waals surface area contributed by atoms with Gasteiger partial charge in [0.2, 0.25) is 0 Å². The maximum atomic E-state index is 9.51. The molecule has 2 aromatic heterocycles. The minimum atomic E-state index is -0.685. The van der Waals surface area contributed by atoms with E-state index in [0.29, 0.717) is 11.1 Å². The molecule has 0 spiro atoms. The highest BCUT2D eigenvalue weighted by Crippen LogP contribution is 2.37. The van der Waals surface area contributed by atoms with E-state index in [2.05, 4.69) is 0 Å². The largest absolute Gasteiger partial charge is 0.456 e. The van der Waals surface area contributed by atoms with Gasteiger partial charge in [-0.2, -0.15) is 0 Å². The van der Waals surface area contributed by atoms with E-state index < -0.39 is 77.6 Å². The third-order valence-corrected chi connectivity index (χ3v) is 8.12. The molecule has 0 atom stereocenters. The van der Waals surface area contributed by atoms with Crippen molar-refractivity contribution >= 4 is 21.9 Å². The summed E-state index contributed by atoms with van der Waals surface area (Å²) in [7, 11) is 0. The summed E-state index contributed by atoms with van der Waals surface area (Å²) >= 11 is 0. The van der Waals surface area contributed by atoms with Crippen LogP contribution in [0.3, 0.4) is 0 Å². The van der Waals surface area contributed by atoms with E-state index in [1.807, 2.05) is 109 Å². The molecule has 9 aromatic rings. The minimum absolute atomic E-state index is 0.107. The molecule has 9 rings (SSSR count). The van der Waals surface area contributed by atoms with Crippen LogP contribution in [0.15, 0.2) is 180 Å². The van der Waals surface area contributed by atoms with Crippen molar-refractivity contribution in [3.05, 3.63) is 176 Å². The first-order valence-corrected chi connectivity index (χ1v) is 15.5. The molecule has 0 unspecified atom stereocenters. The maximum absolute atomic E-state index is 9.51. The summed E-state index contributed by atoms with van der Waals surface area (Å²) in [5.41, 5.74) is 3.02. The zero-order valence-electron chi connectivity index (χ0n) is 36.6. The second-order valence-corrected chi connectivity index (χ2v) is 11.1. The Balaban J connectivity index is 1.34. The molecular formula is C45H29N3O. The van der Waals surface area contributed by atoms with Gasteiger partial charge in [-0.25, -0.2) is 15.0 Å². The quantitative estimate of drug-likeness (QED) is 0.182. The van der Waals surface area contributed by atoms with Gasteiger partial charge in [-0.15, -0.1) is 0 Å². The van der Waals surface area contributed by atoms with Crippen LogP contribution in [-0.2, 0) is 0 Å². The Kier molecular flexibility index (Phi) is 4.78. The van der Waals surface area contributed by atoms with Gasteiger partial charge in [0.25, 0.3) is 0 Å². The van der Waals surface area contributed by atoms with E-state index in [-0.39, 0.29) is 45.0 Å². The number of aromatic nitrogens is 3. The highest BCUT2D eigenvalue weighted by Gasteiger charge is 2.19. The molecule has 0 N–H and O–H groups in total. The van der Waals surface area contributed by atoms with E-state index in [1.54, 1.807) is 0 Å². The first-order valence-electron chi connectivity index (χ1n) is 21.0. The Morgan fingerprint density at radius 3 is 1.51 bits per heavy atom. The van der Waals surface area contributed by atoms with Gasteiger partial charge in [0.05, 0.1) is 15.1 Å². The Labute approximate surface area is 299 Å². The van der Waals surface area contributed by atoms with Crippen molar-refractivity contribution in [1.29, 1.82) is 0 Å². The molecule has 0 aliphatic carbocycles. The molecule has 0 saturated heterocycles. The lowest BCUT2D eigenvalue weighted by Crippen LogP contribution is -2.02. The SMILES string of the molecule is [2H]c1c([2H])c([2H])c(-c2c([2H])c([2H])c3oc4c([2H])c(-c5nc(-c6ccccc6-c6ccccc6)nc(-c6ccccc6-c6ccccc6)n5)c([2H])c([2H])c4c3c2[2H])c([2H])c1[2H]. The van der Waals surface area contributed by atoms with Gasteiger partial charge < -0.3 is 4.42 Å². The van der Waals surface area contributed by atoms with Gasteiger partial charge in [0.15, 0.2) is 17.5 Å². The molecule has 49 heavy (non-hydrogen) atoms. The van der Waals surface area contributed by atoms with Gasteiger partial charge >= 0.3 is 0 Å². The highest BCUT2D eigenvalue weighted by atomic mass is 16.3. The molecule has 4 heteroatoms. The molecule has 0 aliphatic heterocycles. The Morgan fingerprint density at radius 2 is 0.898 bits per heavy atom. The van der Waals surface area contributed by atoms with Crippen molar-refractivity contribution in [2.24, 2.45) is 0 Å². The smallest absolute Gasteiger partial charge is 0.164 e. The molecule has 0 saturated carbocycles. The molecule has 0 fully saturated rings. The zero-order valence-corrected chi connectivity index (χ0v) is 25.6. The Bertz CT molecular complexity index is 3100. The molecule has 0 radical (unpaired) electrons. The average molecular weight is 639 g/mol. The van der Waals surface area contributed by atoms with Crippen molar-refractivity contribution in [1.82, 2.24) is 15.0 Å². The molecule has 2 heterocycles. The van der Waals surface area contributed by atoms with Gasteiger partial charge in [-0.1, -0.05) is 151 Å². The van der Waals surface area contributed by atoms with Crippen molar-refractivity contribution in [2.75, 3.05) is 0 Å². The normalized spacial score (nSPS) is 14.4. The fraction of sp³-hybridized carbons (Fsp3) is 0. The van der Waals surface area contributed by atoms with Crippen LogP contribution >= 0.6 is 0 Å². The third kappa shape index (κ3) is 5.35. The van der Waals surface area contributed by atoms with Crippen molar-refractivity contribution in [3.63, 3.8) is 0 Å². The summed E-state index contributed by atoms with van der Waals surface area (Å²) in [5.74, 6) is 0.359. The summed E-state index contributed by atoms with van der Waals surface area (Å²) < 4.78 is 103. The number of benzene rings is 7. The molecule has 0 amide bonds. The van der Waals surface area contributed by atoms with Crippen LogP contribution in [-0.4, -0.2) is 15.0 Å². The van der Waals surface area contributed by atoms with Gasteiger partial charge in [-0.05, 0) is 57.6 Å².